The molecule has 0 aliphatic heterocycles. The largest absolute Gasteiger partial charge is 0.497 e. The summed E-state index contributed by atoms with van der Waals surface area (Å²) in [6.45, 7) is 13.2. The molecule has 2 aromatic carbocycles. The highest BCUT2D eigenvalue weighted by atomic mass is 16.7. The number of rotatable bonds is 7. The van der Waals surface area contributed by atoms with E-state index in [4.69, 9.17) is 9.57 Å². The Bertz CT molecular complexity index is 659. The van der Waals surface area contributed by atoms with Gasteiger partial charge < -0.3 is 4.74 Å². The predicted molar refractivity (Wildman–Crippen MR) is 108 cm³/mol. The van der Waals surface area contributed by atoms with Crippen LogP contribution in [0.15, 0.2) is 54.6 Å². The van der Waals surface area contributed by atoms with E-state index >= 15 is 0 Å². The molecule has 0 saturated heterocycles. The molecular formula is C23H33NO2. The number of ether oxygens (including phenoxy) is 1. The van der Waals surface area contributed by atoms with Gasteiger partial charge in [0.05, 0.1) is 13.2 Å². The zero-order chi connectivity index (χ0) is 19.3. The quantitative estimate of drug-likeness (QED) is 0.553. The monoisotopic (exact) mass is 355 g/mol. The van der Waals surface area contributed by atoms with Gasteiger partial charge in [-0.25, -0.2) is 0 Å². The van der Waals surface area contributed by atoms with Gasteiger partial charge in [0.1, 0.15) is 11.9 Å². The third-order valence-corrected chi connectivity index (χ3v) is 4.54. The minimum atomic E-state index is -0.133. The predicted octanol–water partition coefficient (Wildman–Crippen LogP) is 6.19. The average Bonchev–Trinajstić information content (AvgIpc) is 2.61. The summed E-state index contributed by atoms with van der Waals surface area (Å²) in [6.07, 6.45) is -0.0508. The molecule has 0 fully saturated rings. The first-order valence-corrected chi connectivity index (χ1v) is 9.39. The van der Waals surface area contributed by atoms with E-state index in [-0.39, 0.29) is 17.7 Å². The van der Waals surface area contributed by atoms with E-state index < -0.39 is 0 Å². The van der Waals surface area contributed by atoms with Crippen LogP contribution in [0.5, 0.6) is 5.75 Å². The molecule has 0 saturated carbocycles. The molecule has 0 aliphatic carbocycles. The van der Waals surface area contributed by atoms with Crippen molar-refractivity contribution in [1.29, 1.82) is 0 Å². The van der Waals surface area contributed by atoms with Crippen molar-refractivity contribution in [3.05, 3.63) is 65.7 Å². The molecule has 0 aromatic heterocycles. The topological polar surface area (TPSA) is 21.7 Å². The summed E-state index contributed by atoms with van der Waals surface area (Å²) in [7, 11) is 1.68. The van der Waals surface area contributed by atoms with Crippen LogP contribution in [0.2, 0.25) is 0 Å². The van der Waals surface area contributed by atoms with Gasteiger partial charge in [0.2, 0.25) is 0 Å². The van der Waals surface area contributed by atoms with Crippen molar-refractivity contribution in [2.24, 2.45) is 5.92 Å². The van der Waals surface area contributed by atoms with E-state index in [1.807, 2.05) is 12.1 Å². The van der Waals surface area contributed by atoms with Crippen molar-refractivity contribution in [2.75, 3.05) is 7.11 Å². The van der Waals surface area contributed by atoms with Crippen LogP contribution in [0, 0.1) is 5.92 Å². The highest BCUT2D eigenvalue weighted by molar-refractivity contribution is 5.28. The molecule has 0 amide bonds. The molecule has 3 heteroatoms. The Morgan fingerprint density at radius 1 is 0.808 bits per heavy atom. The summed E-state index contributed by atoms with van der Waals surface area (Å²) < 4.78 is 5.26. The highest BCUT2D eigenvalue weighted by Crippen LogP contribution is 2.37. The zero-order valence-corrected chi connectivity index (χ0v) is 17.2. The van der Waals surface area contributed by atoms with Gasteiger partial charge in [0.25, 0.3) is 0 Å². The van der Waals surface area contributed by atoms with Crippen LogP contribution in [-0.4, -0.2) is 17.7 Å². The van der Waals surface area contributed by atoms with Crippen molar-refractivity contribution in [3.8, 4) is 5.75 Å². The van der Waals surface area contributed by atoms with Gasteiger partial charge in [-0.3, -0.25) is 4.84 Å². The zero-order valence-electron chi connectivity index (χ0n) is 17.2. The lowest BCUT2D eigenvalue weighted by atomic mass is 9.92. The van der Waals surface area contributed by atoms with E-state index in [0.717, 1.165) is 11.3 Å². The lowest BCUT2D eigenvalue weighted by Gasteiger charge is -2.44. The summed E-state index contributed by atoms with van der Waals surface area (Å²) in [5.41, 5.74) is 2.28. The van der Waals surface area contributed by atoms with Crippen molar-refractivity contribution in [2.45, 2.75) is 59.2 Å². The van der Waals surface area contributed by atoms with Gasteiger partial charge in [0, 0.05) is 5.54 Å². The number of hydrogen-bond donors (Lipinski definition) is 0. The van der Waals surface area contributed by atoms with Crippen LogP contribution in [0.4, 0.5) is 0 Å². The second-order valence-electron chi connectivity index (χ2n) is 8.12. The van der Waals surface area contributed by atoms with Crippen molar-refractivity contribution >= 4 is 0 Å². The van der Waals surface area contributed by atoms with E-state index in [1.165, 1.54) is 5.56 Å². The molecule has 2 aromatic rings. The van der Waals surface area contributed by atoms with Crippen LogP contribution >= 0.6 is 0 Å². The number of nitrogens with zero attached hydrogens (tertiary/aromatic N) is 1. The Balaban J connectivity index is 2.31. The molecule has 142 valence electrons. The molecule has 0 heterocycles. The Labute approximate surface area is 158 Å². The Morgan fingerprint density at radius 2 is 1.38 bits per heavy atom. The molecule has 0 N–H and O–H groups in total. The second-order valence-corrected chi connectivity index (χ2v) is 8.12. The summed E-state index contributed by atoms with van der Waals surface area (Å²) in [6, 6.07) is 18.9. The van der Waals surface area contributed by atoms with E-state index in [1.54, 1.807) is 7.11 Å². The van der Waals surface area contributed by atoms with Crippen LogP contribution in [0.3, 0.4) is 0 Å². The maximum absolute atomic E-state index is 6.54. The lowest BCUT2D eigenvalue weighted by molar-refractivity contribution is -0.272. The summed E-state index contributed by atoms with van der Waals surface area (Å²) >= 11 is 0. The molecule has 0 aliphatic rings. The number of hydroxylamine groups is 2. The van der Waals surface area contributed by atoms with Crippen molar-refractivity contribution < 1.29 is 9.57 Å². The first-order valence-electron chi connectivity index (χ1n) is 9.39. The van der Waals surface area contributed by atoms with Crippen LogP contribution in [0.1, 0.15) is 64.8 Å². The third-order valence-electron chi connectivity index (χ3n) is 4.54. The number of methoxy groups -OCH3 is 1. The maximum Gasteiger partial charge on any atom is 0.118 e. The molecule has 2 atom stereocenters. The van der Waals surface area contributed by atoms with Crippen molar-refractivity contribution in [1.82, 2.24) is 5.06 Å². The van der Waals surface area contributed by atoms with E-state index in [0.29, 0.717) is 5.92 Å². The summed E-state index contributed by atoms with van der Waals surface area (Å²) in [5, 5.41) is 2.17. The van der Waals surface area contributed by atoms with Gasteiger partial charge in [-0.05, 0) is 56.9 Å². The molecule has 2 rings (SSSR count). The minimum absolute atomic E-state index is 0.0508. The molecule has 3 nitrogen and oxygen atoms in total. The maximum atomic E-state index is 6.54. The molecule has 0 bridgehead atoms. The molecule has 26 heavy (non-hydrogen) atoms. The summed E-state index contributed by atoms with van der Waals surface area (Å²) in [5.74, 6) is 1.28. The fourth-order valence-corrected chi connectivity index (χ4v) is 3.19. The fraction of sp³-hybridized carbons (Fsp3) is 0.478. The first kappa shape index (κ1) is 20.5. The SMILES string of the molecule is COc1ccc(C(C)ON(C(c2ccccc2)C(C)C)C(C)(C)C)cc1. The number of hydrogen-bond acceptors (Lipinski definition) is 3. The van der Waals surface area contributed by atoms with Crippen LogP contribution in [0.25, 0.3) is 0 Å². The van der Waals surface area contributed by atoms with Gasteiger partial charge in [-0.1, -0.05) is 56.3 Å². The Kier molecular flexibility index (Phi) is 6.85. The lowest BCUT2D eigenvalue weighted by Crippen LogP contribution is -2.46. The summed E-state index contributed by atoms with van der Waals surface area (Å²) in [4.78, 5) is 6.54. The van der Waals surface area contributed by atoms with Gasteiger partial charge in [-0.2, -0.15) is 5.06 Å². The van der Waals surface area contributed by atoms with Crippen LogP contribution < -0.4 is 4.74 Å². The average molecular weight is 356 g/mol. The Morgan fingerprint density at radius 3 is 1.85 bits per heavy atom. The van der Waals surface area contributed by atoms with Crippen molar-refractivity contribution in [3.63, 3.8) is 0 Å². The number of benzene rings is 2. The van der Waals surface area contributed by atoms with Gasteiger partial charge in [-0.15, -0.1) is 0 Å². The second kappa shape index (κ2) is 8.70. The fourth-order valence-electron chi connectivity index (χ4n) is 3.19. The minimum Gasteiger partial charge on any atom is -0.497 e. The van der Waals surface area contributed by atoms with E-state index in [9.17, 15) is 0 Å². The Hall–Kier alpha value is -1.84. The third kappa shape index (κ3) is 5.09. The first-order chi connectivity index (χ1) is 12.2. The molecule has 0 radical (unpaired) electrons. The highest BCUT2D eigenvalue weighted by Gasteiger charge is 2.34. The van der Waals surface area contributed by atoms with Gasteiger partial charge >= 0.3 is 0 Å². The smallest absolute Gasteiger partial charge is 0.118 e. The standard InChI is InChI=1S/C23H33NO2/c1-17(2)22(20-11-9-8-10-12-20)24(23(4,5)6)26-18(3)19-13-15-21(25-7)16-14-19/h8-18,22H,1-7H3. The van der Waals surface area contributed by atoms with Gasteiger partial charge in [0.15, 0.2) is 0 Å². The molecule has 2 unspecified atom stereocenters. The van der Waals surface area contributed by atoms with Crippen LogP contribution in [-0.2, 0) is 4.84 Å². The molecular weight excluding hydrogens is 322 g/mol. The molecule has 0 spiro atoms. The normalized spacial score (nSPS) is 14.5. The van der Waals surface area contributed by atoms with E-state index in [2.05, 4.69) is 89.1 Å².